The molecule has 0 bridgehead atoms. The van der Waals surface area contributed by atoms with Crippen molar-refractivity contribution in [2.75, 3.05) is 26.2 Å². The van der Waals surface area contributed by atoms with Crippen LogP contribution in [0.15, 0.2) is 42.7 Å². The van der Waals surface area contributed by atoms with Gasteiger partial charge in [0.05, 0.1) is 12.6 Å². The van der Waals surface area contributed by atoms with Gasteiger partial charge in [-0.25, -0.2) is 0 Å². The molecule has 0 amide bonds. The van der Waals surface area contributed by atoms with Crippen molar-refractivity contribution in [2.45, 2.75) is 50.9 Å². The molecule has 2 saturated heterocycles. The molecular formula is C21H30N4O. The van der Waals surface area contributed by atoms with E-state index in [1.165, 1.54) is 37.1 Å². The van der Waals surface area contributed by atoms with Gasteiger partial charge in [-0.1, -0.05) is 24.3 Å². The third-order valence-electron chi connectivity index (χ3n) is 5.87. The van der Waals surface area contributed by atoms with Gasteiger partial charge in [-0.3, -0.25) is 9.58 Å². The van der Waals surface area contributed by atoms with E-state index in [1.807, 2.05) is 23.1 Å². The average Bonchev–Trinajstić information content (AvgIpc) is 3.16. The van der Waals surface area contributed by atoms with Gasteiger partial charge in [-0.05, 0) is 56.0 Å². The van der Waals surface area contributed by atoms with Crippen LogP contribution < -0.4 is 0 Å². The third-order valence-corrected chi connectivity index (χ3v) is 5.87. The minimum atomic E-state index is -0.0691. The van der Waals surface area contributed by atoms with Crippen LogP contribution in [-0.4, -0.2) is 63.0 Å². The highest BCUT2D eigenvalue weighted by Crippen LogP contribution is 2.22. The van der Waals surface area contributed by atoms with Gasteiger partial charge < -0.3 is 10.0 Å². The van der Waals surface area contributed by atoms with Crippen molar-refractivity contribution in [3.63, 3.8) is 0 Å². The van der Waals surface area contributed by atoms with Crippen LogP contribution in [0.1, 0.15) is 36.8 Å². The molecule has 1 aromatic carbocycles. The van der Waals surface area contributed by atoms with Gasteiger partial charge >= 0.3 is 0 Å². The fourth-order valence-electron chi connectivity index (χ4n) is 4.36. The van der Waals surface area contributed by atoms with Crippen molar-refractivity contribution in [3.05, 3.63) is 53.9 Å². The van der Waals surface area contributed by atoms with Crippen LogP contribution >= 0.6 is 0 Å². The summed E-state index contributed by atoms with van der Waals surface area (Å²) in [5.74, 6) is 0. The second-order valence-corrected chi connectivity index (χ2v) is 7.80. The van der Waals surface area contributed by atoms with Gasteiger partial charge in [0, 0.05) is 38.1 Å². The molecule has 1 aromatic heterocycles. The molecule has 0 radical (unpaired) electrons. The van der Waals surface area contributed by atoms with E-state index in [2.05, 4.69) is 39.2 Å². The number of aliphatic hydroxyl groups is 1. The molecule has 5 nitrogen and oxygen atoms in total. The predicted molar refractivity (Wildman–Crippen MR) is 103 cm³/mol. The Morgan fingerprint density at radius 2 is 1.65 bits per heavy atom. The number of aliphatic hydroxyl groups excluding tert-OH is 1. The highest BCUT2D eigenvalue weighted by Gasteiger charge is 2.27. The van der Waals surface area contributed by atoms with Crippen molar-refractivity contribution < 1.29 is 5.11 Å². The first kappa shape index (κ1) is 17.7. The number of aromatic nitrogens is 2. The molecule has 0 atom stereocenters. The lowest BCUT2D eigenvalue weighted by atomic mass is 9.98. The zero-order valence-corrected chi connectivity index (χ0v) is 15.5. The van der Waals surface area contributed by atoms with Crippen molar-refractivity contribution in [1.82, 2.24) is 19.6 Å². The van der Waals surface area contributed by atoms with Crippen LogP contribution in [-0.2, 0) is 13.1 Å². The summed E-state index contributed by atoms with van der Waals surface area (Å²) >= 11 is 0. The minimum Gasteiger partial charge on any atom is -0.393 e. The molecule has 0 saturated carbocycles. The lowest BCUT2D eigenvalue weighted by Crippen LogP contribution is -2.48. The number of piperidine rings is 2. The minimum absolute atomic E-state index is 0.0691. The topological polar surface area (TPSA) is 44.5 Å². The first-order valence-corrected chi connectivity index (χ1v) is 9.96. The van der Waals surface area contributed by atoms with E-state index in [-0.39, 0.29) is 6.10 Å². The van der Waals surface area contributed by atoms with Gasteiger partial charge in [0.15, 0.2) is 0 Å². The number of hydrogen-bond acceptors (Lipinski definition) is 4. The lowest BCUT2D eigenvalue weighted by Gasteiger charge is -2.41. The van der Waals surface area contributed by atoms with E-state index in [9.17, 15) is 5.11 Å². The largest absolute Gasteiger partial charge is 0.393 e. The Balaban J connectivity index is 1.28. The van der Waals surface area contributed by atoms with Crippen molar-refractivity contribution in [3.8, 4) is 0 Å². The highest BCUT2D eigenvalue weighted by atomic mass is 16.3. The molecule has 140 valence electrons. The maximum Gasteiger partial charge on any atom is 0.0659 e. The molecule has 2 aliphatic rings. The summed E-state index contributed by atoms with van der Waals surface area (Å²) in [5.41, 5.74) is 2.71. The molecule has 0 aliphatic carbocycles. The van der Waals surface area contributed by atoms with E-state index in [1.54, 1.807) is 0 Å². The summed E-state index contributed by atoms with van der Waals surface area (Å²) in [6.45, 7) is 6.37. The molecule has 0 unspecified atom stereocenters. The van der Waals surface area contributed by atoms with Crippen LogP contribution in [0.2, 0.25) is 0 Å². The van der Waals surface area contributed by atoms with E-state index < -0.39 is 0 Å². The highest BCUT2D eigenvalue weighted by molar-refractivity contribution is 5.23. The fourth-order valence-corrected chi connectivity index (χ4v) is 4.36. The molecule has 2 aromatic rings. The second-order valence-electron chi connectivity index (χ2n) is 7.80. The number of likely N-dealkylation sites (tertiary alicyclic amines) is 2. The summed E-state index contributed by atoms with van der Waals surface area (Å²) in [6, 6.07) is 11.6. The van der Waals surface area contributed by atoms with Crippen LogP contribution in [0.5, 0.6) is 0 Å². The van der Waals surface area contributed by atoms with Crippen LogP contribution in [0.4, 0.5) is 0 Å². The Morgan fingerprint density at radius 1 is 0.923 bits per heavy atom. The lowest BCUT2D eigenvalue weighted by molar-refractivity contribution is 0.0375. The second kappa shape index (κ2) is 8.33. The van der Waals surface area contributed by atoms with Gasteiger partial charge in [0.1, 0.15) is 0 Å². The SMILES string of the molecule is OC1CCN(C2CCN(Cc3cccc(Cn4cccn4)c3)CC2)CC1. The molecule has 5 heteroatoms. The maximum atomic E-state index is 9.69. The van der Waals surface area contributed by atoms with Crippen LogP contribution in [0.3, 0.4) is 0 Å². The normalized spacial score (nSPS) is 21.3. The Hall–Kier alpha value is -1.69. The molecule has 3 heterocycles. The Morgan fingerprint density at radius 3 is 2.35 bits per heavy atom. The molecule has 26 heavy (non-hydrogen) atoms. The van der Waals surface area contributed by atoms with Crippen LogP contribution in [0, 0.1) is 0 Å². The summed E-state index contributed by atoms with van der Waals surface area (Å²) < 4.78 is 1.97. The standard InChI is InChI=1S/C21H30N4O/c26-21-7-13-24(14-8-21)20-5-11-23(12-6-20)16-18-3-1-4-19(15-18)17-25-10-2-9-22-25/h1-4,9-10,15,20-21,26H,5-8,11-14,16-17H2. The van der Waals surface area contributed by atoms with E-state index >= 15 is 0 Å². The third kappa shape index (κ3) is 4.53. The van der Waals surface area contributed by atoms with Gasteiger partial charge in [-0.2, -0.15) is 5.10 Å². The monoisotopic (exact) mass is 354 g/mol. The quantitative estimate of drug-likeness (QED) is 0.895. The zero-order valence-electron chi connectivity index (χ0n) is 15.5. The average molecular weight is 354 g/mol. The Labute approximate surface area is 156 Å². The van der Waals surface area contributed by atoms with E-state index in [0.29, 0.717) is 6.04 Å². The van der Waals surface area contributed by atoms with E-state index in [4.69, 9.17) is 0 Å². The van der Waals surface area contributed by atoms with Crippen molar-refractivity contribution in [2.24, 2.45) is 0 Å². The van der Waals surface area contributed by atoms with Gasteiger partial charge in [-0.15, -0.1) is 0 Å². The molecule has 2 fully saturated rings. The van der Waals surface area contributed by atoms with Gasteiger partial charge in [0.2, 0.25) is 0 Å². The summed E-state index contributed by atoms with van der Waals surface area (Å²) in [4.78, 5) is 5.19. The molecule has 2 aliphatic heterocycles. The maximum absolute atomic E-state index is 9.69. The number of hydrogen-bond donors (Lipinski definition) is 1. The number of benzene rings is 1. The molecule has 4 rings (SSSR count). The number of nitrogens with zero attached hydrogens (tertiary/aromatic N) is 4. The summed E-state index contributed by atoms with van der Waals surface area (Å²) in [5, 5.41) is 14.0. The first-order valence-electron chi connectivity index (χ1n) is 9.96. The summed E-state index contributed by atoms with van der Waals surface area (Å²) in [6.07, 6.45) is 8.17. The molecule has 0 spiro atoms. The first-order chi connectivity index (χ1) is 12.8. The van der Waals surface area contributed by atoms with Crippen LogP contribution in [0.25, 0.3) is 0 Å². The fraction of sp³-hybridized carbons (Fsp3) is 0.571. The Kier molecular flexibility index (Phi) is 5.68. The number of rotatable bonds is 5. The molecule has 1 N–H and O–H groups in total. The summed E-state index contributed by atoms with van der Waals surface area (Å²) in [7, 11) is 0. The smallest absolute Gasteiger partial charge is 0.0659 e. The zero-order chi connectivity index (χ0) is 17.8. The predicted octanol–water partition coefficient (Wildman–Crippen LogP) is 2.35. The van der Waals surface area contributed by atoms with Crippen molar-refractivity contribution in [1.29, 1.82) is 0 Å². The van der Waals surface area contributed by atoms with Gasteiger partial charge in [0.25, 0.3) is 0 Å². The van der Waals surface area contributed by atoms with E-state index in [0.717, 1.165) is 39.0 Å². The van der Waals surface area contributed by atoms with Crippen molar-refractivity contribution >= 4 is 0 Å². The Bertz CT molecular complexity index is 671. The molecular weight excluding hydrogens is 324 g/mol.